The van der Waals surface area contributed by atoms with Crippen LogP contribution in [-0.4, -0.2) is 36.4 Å². The van der Waals surface area contributed by atoms with Gasteiger partial charge in [0.25, 0.3) is 5.91 Å². The quantitative estimate of drug-likeness (QED) is 0.837. The van der Waals surface area contributed by atoms with Crippen LogP contribution in [0.15, 0.2) is 12.1 Å². The van der Waals surface area contributed by atoms with Gasteiger partial charge in [0.05, 0.1) is 0 Å². The fourth-order valence-corrected chi connectivity index (χ4v) is 2.09. The minimum absolute atomic E-state index is 0.0447. The molecule has 0 radical (unpaired) electrons. The molecule has 0 heterocycles. The van der Waals surface area contributed by atoms with E-state index in [1.165, 1.54) is 0 Å². The largest absolute Gasteiger partial charge is 0.398 e. The van der Waals surface area contributed by atoms with Gasteiger partial charge in [0.2, 0.25) is 0 Å². The number of hydrogen-bond acceptors (Lipinski definition) is 3. The molecule has 0 unspecified atom stereocenters. The van der Waals surface area contributed by atoms with Crippen LogP contribution in [0.25, 0.3) is 0 Å². The van der Waals surface area contributed by atoms with E-state index in [4.69, 9.17) is 5.73 Å². The van der Waals surface area contributed by atoms with Crippen molar-refractivity contribution in [1.82, 2.24) is 4.90 Å². The monoisotopic (exact) mass is 252 g/mol. The lowest BCUT2D eigenvalue weighted by atomic mass is 10.0. The fraction of sp³-hybridized carbons (Fsp3) is 0.462. The SMILES string of the molecule is CSCCN(C)C(=O)c1cc(N)c(C)cc1C. The molecule has 0 saturated heterocycles. The summed E-state index contributed by atoms with van der Waals surface area (Å²) in [6.07, 6.45) is 2.04. The van der Waals surface area contributed by atoms with Crippen molar-refractivity contribution < 1.29 is 4.79 Å². The molecule has 0 aliphatic heterocycles. The van der Waals surface area contributed by atoms with E-state index in [1.54, 1.807) is 22.7 Å². The molecule has 0 aromatic heterocycles. The minimum Gasteiger partial charge on any atom is -0.398 e. The van der Waals surface area contributed by atoms with Crippen LogP contribution in [0.2, 0.25) is 0 Å². The second kappa shape index (κ2) is 5.96. The zero-order valence-electron chi connectivity index (χ0n) is 10.9. The number of carbonyl (C=O) groups is 1. The maximum absolute atomic E-state index is 12.2. The molecule has 0 saturated carbocycles. The zero-order chi connectivity index (χ0) is 13.0. The average molecular weight is 252 g/mol. The number of hydrogen-bond donors (Lipinski definition) is 1. The van der Waals surface area contributed by atoms with Crippen molar-refractivity contribution in [2.75, 3.05) is 31.3 Å². The number of nitrogens with zero attached hydrogens (tertiary/aromatic N) is 1. The van der Waals surface area contributed by atoms with Gasteiger partial charge in [-0.3, -0.25) is 4.79 Å². The first-order valence-electron chi connectivity index (χ1n) is 5.58. The van der Waals surface area contributed by atoms with Gasteiger partial charge in [0.15, 0.2) is 0 Å². The Morgan fingerprint density at radius 3 is 2.59 bits per heavy atom. The van der Waals surface area contributed by atoms with Crippen LogP contribution in [-0.2, 0) is 0 Å². The molecule has 1 aromatic carbocycles. The van der Waals surface area contributed by atoms with Crippen LogP contribution in [0.3, 0.4) is 0 Å². The summed E-state index contributed by atoms with van der Waals surface area (Å²) < 4.78 is 0. The molecule has 0 fully saturated rings. The second-order valence-corrected chi connectivity index (χ2v) is 5.23. The summed E-state index contributed by atoms with van der Waals surface area (Å²) >= 11 is 1.73. The van der Waals surface area contributed by atoms with Gasteiger partial charge in [-0.25, -0.2) is 0 Å². The van der Waals surface area contributed by atoms with Crippen molar-refractivity contribution in [3.63, 3.8) is 0 Å². The third-order valence-corrected chi connectivity index (χ3v) is 3.41. The molecular weight excluding hydrogens is 232 g/mol. The van der Waals surface area contributed by atoms with E-state index in [1.807, 2.05) is 33.2 Å². The van der Waals surface area contributed by atoms with Crippen LogP contribution in [0.5, 0.6) is 0 Å². The molecule has 1 aromatic rings. The van der Waals surface area contributed by atoms with E-state index >= 15 is 0 Å². The van der Waals surface area contributed by atoms with Gasteiger partial charge >= 0.3 is 0 Å². The van der Waals surface area contributed by atoms with E-state index in [0.717, 1.165) is 23.4 Å². The standard InChI is InChI=1S/C13H20N2OS/c1-9-7-10(2)12(14)8-11(9)13(16)15(3)5-6-17-4/h7-8H,5-6,14H2,1-4H3. The van der Waals surface area contributed by atoms with Gasteiger partial charge in [-0.05, 0) is 37.3 Å². The Morgan fingerprint density at radius 2 is 2.00 bits per heavy atom. The Hall–Kier alpha value is -1.16. The van der Waals surface area contributed by atoms with Crippen LogP contribution in [0.1, 0.15) is 21.5 Å². The summed E-state index contributed by atoms with van der Waals surface area (Å²) in [5.41, 5.74) is 9.24. The molecule has 0 bridgehead atoms. The summed E-state index contributed by atoms with van der Waals surface area (Å²) in [5.74, 6) is 0.992. The minimum atomic E-state index is 0.0447. The lowest BCUT2D eigenvalue weighted by molar-refractivity contribution is 0.0803. The molecule has 17 heavy (non-hydrogen) atoms. The van der Waals surface area contributed by atoms with Crippen molar-refractivity contribution in [3.05, 3.63) is 28.8 Å². The first-order chi connectivity index (χ1) is 7.97. The highest BCUT2D eigenvalue weighted by Crippen LogP contribution is 2.19. The fourth-order valence-electron chi connectivity index (χ4n) is 1.63. The summed E-state index contributed by atoms with van der Waals surface area (Å²) in [7, 11) is 1.83. The van der Waals surface area contributed by atoms with Crippen LogP contribution >= 0.6 is 11.8 Å². The van der Waals surface area contributed by atoms with Crippen molar-refractivity contribution in [2.24, 2.45) is 0 Å². The molecule has 0 atom stereocenters. The van der Waals surface area contributed by atoms with Gasteiger partial charge in [0.1, 0.15) is 0 Å². The number of rotatable bonds is 4. The molecular formula is C13H20N2OS. The van der Waals surface area contributed by atoms with Crippen molar-refractivity contribution in [3.8, 4) is 0 Å². The molecule has 2 N–H and O–H groups in total. The molecule has 1 rings (SSSR count). The summed E-state index contributed by atoms with van der Waals surface area (Å²) in [6.45, 7) is 4.66. The van der Waals surface area contributed by atoms with Crippen molar-refractivity contribution in [2.45, 2.75) is 13.8 Å². The Labute approximate surface area is 107 Å². The van der Waals surface area contributed by atoms with Gasteiger partial charge < -0.3 is 10.6 Å². The summed E-state index contributed by atoms with van der Waals surface area (Å²) in [5, 5.41) is 0. The number of nitrogen functional groups attached to an aromatic ring is 1. The molecule has 94 valence electrons. The predicted molar refractivity (Wildman–Crippen MR) is 75.7 cm³/mol. The Bertz CT molecular complexity index is 418. The van der Waals surface area contributed by atoms with Gasteiger partial charge in [-0.1, -0.05) is 6.07 Å². The van der Waals surface area contributed by atoms with E-state index in [0.29, 0.717) is 11.3 Å². The second-order valence-electron chi connectivity index (χ2n) is 4.24. The van der Waals surface area contributed by atoms with Crippen LogP contribution in [0, 0.1) is 13.8 Å². The number of thioether (sulfide) groups is 1. The number of aryl methyl sites for hydroxylation is 2. The highest BCUT2D eigenvalue weighted by atomic mass is 32.2. The summed E-state index contributed by atoms with van der Waals surface area (Å²) in [4.78, 5) is 13.9. The van der Waals surface area contributed by atoms with Crippen molar-refractivity contribution >= 4 is 23.4 Å². The lowest BCUT2D eigenvalue weighted by Crippen LogP contribution is -2.29. The Balaban J connectivity index is 2.92. The molecule has 0 spiro atoms. The topological polar surface area (TPSA) is 46.3 Å². The van der Waals surface area contributed by atoms with Crippen LogP contribution < -0.4 is 5.73 Å². The lowest BCUT2D eigenvalue weighted by Gasteiger charge is -2.18. The van der Waals surface area contributed by atoms with Gasteiger partial charge in [0, 0.05) is 30.6 Å². The number of carbonyl (C=O) groups excluding carboxylic acids is 1. The van der Waals surface area contributed by atoms with E-state index in [2.05, 4.69) is 0 Å². The van der Waals surface area contributed by atoms with E-state index in [-0.39, 0.29) is 5.91 Å². The highest BCUT2D eigenvalue weighted by Gasteiger charge is 2.14. The Morgan fingerprint density at radius 1 is 1.35 bits per heavy atom. The maximum Gasteiger partial charge on any atom is 0.253 e. The molecule has 0 aliphatic carbocycles. The maximum atomic E-state index is 12.2. The first-order valence-corrected chi connectivity index (χ1v) is 6.98. The number of benzene rings is 1. The zero-order valence-corrected chi connectivity index (χ0v) is 11.7. The van der Waals surface area contributed by atoms with Crippen molar-refractivity contribution in [1.29, 1.82) is 0 Å². The smallest absolute Gasteiger partial charge is 0.253 e. The van der Waals surface area contributed by atoms with E-state index < -0.39 is 0 Å². The molecule has 3 nitrogen and oxygen atoms in total. The first kappa shape index (κ1) is 13.9. The number of anilines is 1. The molecule has 0 aliphatic rings. The third-order valence-electron chi connectivity index (χ3n) is 2.82. The summed E-state index contributed by atoms with van der Waals surface area (Å²) in [6, 6.07) is 3.74. The number of amides is 1. The average Bonchev–Trinajstić information content (AvgIpc) is 2.29. The van der Waals surface area contributed by atoms with E-state index in [9.17, 15) is 4.79 Å². The van der Waals surface area contributed by atoms with Gasteiger partial charge in [-0.15, -0.1) is 0 Å². The normalized spacial score (nSPS) is 10.4. The van der Waals surface area contributed by atoms with Gasteiger partial charge in [-0.2, -0.15) is 11.8 Å². The third kappa shape index (κ3) is 3.40. The van der Waals surface area contributed by atoms with Crippen LogP contribution in [0.4, 0.5) is 5.69 Å². The molecule has 4 heteroatoms. The molecule has 1 amide bonds. The number of nitrogens with two attached hydrogens (primary N) is 1. The Kier molecular flexibility index (Phi) is 4.87. The predicted octanol–water partition coefficient (Wildman–Crippen LogP) is 2.32. The highest BCUT2D eigenvalue weighted by molar-refractivity contribution is 7.98.